The Labute approximate surface area is 149 Å². The van der Waals surface area contributed by atoms with Crippen LogP contribution in [0.5, 0.6) is 0 Å². The van der Waals surface area contributed by atoms with Crippen LogP contribution in [-0.2, 0) is 9.59 Å². The number of fused-ring (bicyclic) bond motifs is 1. The van der Waals surface area contributed by atoms with Gasteiger partial charge in [-0.25, -0.2) is 0 Å². The second-order valence-corrected chi connectivity index (χ2v) is 6.75. The Morgan fingerprint density at radius 2 is 1.88 bits per heavy atom. The van der Waals surface area contributed by atoms with Gasteiger partial charge in [0.15, 0.2) is 0 Å². The number of aliphatic carboxylic acids is 1. The van der Waals surface area contributed by atoms with E-state index in [1.807, 2.05) is 6.07 Å². The van der Waals surface area contributed by atoms with Gasteiger partial charge < -0.3 is 9.52 Å². The minimum atomic E-state index is -1.24. The Bertz CT molecular complexity index is 955. The van der Waals surface area contributed by atoms with E-state index >= 15 is 0 Å². The first-order valence-corrected chi connectivity index (χ1v) is 8.44. The Morgan fingerprint density at radius 3 is 2.54 bits per heavy atom. The van der Waals surface area contributed by atoms with Gasteiger partial charge in [0.25, 0.3) is 11.8 Å². The molecule has 4 rings (SSSR count). The zero-order valence-electron chi connectivity index (χ0n) is 14.1. The number of amides is 2. The SMILES string of the molecule is C[C@H]1C[C@H]1c1ccc(/C=C2\C(=O)N(CC(=O)O)C(=O)c3ccccc32)o1. The van der Waals surface area contributed by atoms with Crippen molar-refractivity contribution in [2.45, 2.75) is 19.3 Å². The van der Waals surface area contributed by atoms with Crippen molar-refractivity contribution in [3.8, 4) is 0 Å². The van der Waals surface area contributed by atoms with Gasteiger partial charge in [0.2, 0.25) is 0 Å². The van der Waals surface area contributed by atoms with Crippen molar-refractivity contribution in [1.82, 2.24) is 4.90 Å². The molecule has 0 radical (unpaired) electrons. The van der Waals surface area contributed by atoms with E-state index in [9.17, 15) is 14.4 Å². The molecule has 2 heterocycles. The molecule has 1 aromatic heterocycles. The van der Waals surface area contributed by atoms with Crippen molar-refractivity contribution in [3.63, 3.8) is 0 Å². The highest BCUT2D eigenvalue weighted by Crippen LogP contribution is 2.47. The van der Waals surface area contributed by atoms with Crippen LogP contribution in [0.1, 0.15) is 46.7 Å². The highest BCUT2D eigenvalue weighted by Gasteiger charge is 2.38. The van der Waals surface area contributed by atoms with E-state index in [0.29, 0.717) is 28.7 Å². The third-order valence-corrected chi connectivity index (χ3v) is 4.87. The summed E-state index contributed by atoms with van der Waals surface area (Å²) in [6.07, 6.45) is 2.67. The van der Waals surface area contributed by atoms with Crippen LogP contribution in [0.15, 0.2) is 40.8 Å². The predicted molar refractivity (Wildman–Crippen MR) is 93.2 cm³/mol. The summed E-state index contributed by atoms with van der Waals surface area (Å²) in [7, 11) is 0. The van der Waals surface area contributed by atoms with Crippen LogP contribution in [0.3, 0.4) is 0 Å². The number of carboxylic acid groups (broad SMARTS) is 1. The van der Waals surface area contributed by atoms with E-state index in [2.05, 4.69) is 6.92 Å². The first-order valence-electron chi connectivity index (χ1n) is 8.44. The zero-order valence-corrected chi connectivity index (χ0v) is 14.1. The zero-order chi connectivity index (χ0) is 18.4. The molecule has 0 unspecified atom stereocenters. The van der Waals surface area contributed by atoms with Crippen LogP contribution >= 0.6 is 0 Å². The van der Waals surface area contributed by atoms with E-state index in [0.717, 1.165) is 17.1 Å². The molecule has 1 saturated carbocycles. The van der Waals surface area contributed by atoms with Gasteiger partial charge in [-0.05, 0) is 36.6 Å². The normalized spacial score (nSPS) is 23.3. The van der Waals surface area contributed by atoms with Crippen LogP contribution in [0, 0.1) is 5.92 Å². The molecule has 132 valence electrons. The van der Waals surface area contributed by atoms with Crippen molar-refractivity contribution in [1.29, 1.82) is 0 Å². The average Bonchev–Trinajstić information content (AvgIpc) is 3.16. The van der Waals surface area contributed by atoms with E-state index < -0.39 is 24.3 Å². The molecule has 2 amide bonds. The molecular weight excluding hydrogens is 334 g/mol. The molecule has 1 aromatic carbocycles. The van der Waals surface area contributed by atoms with Crippen molar-refractivity contribution in [2.24, 2.45) is 5.92 Å². The molecule has 6 nitrogen and oxygen atoms in total. The van der Waals surface area contributed by atoms with Crippen molar-refractivity contribution >= 4 is 29.4 Å². The summed E-state index contributed by atoms with van der Waals surface area (Å²) >= 11 is 0. The fourth-order valence-electron chi connectivity index (χ4n) is 3.33. The lowest BCUT2D eigenvalue weighted by molar-refractivity contribution is -0.141. The second-order valence-electron chi connectivity index (χ2n) is 6.75. The number of furan rings is 1. The number of hydrogen-bond acceptors (Lipinski definition) is 4. The Hall–Kier alpha value is -3.15. The van der Waals surface area contributed by atoms with Crippen LogP contribution in [0.2, 0.25) is 0 Å². The van der Waals surface area contributed by atoms with Gasteiger partial charge in [-0.2, -0.15) is 0 Å². The third kappa shape index (κ3) is 2.73. The van der Waals surface area contributed by atoms with Crippen LogP contribution in [-0.4, -0.2) is 34.3 Å². The van der Waals surface area contributed by atoms with Gasteiger partial charge in [0.05, 0.1) is 5.57 Å². The second kappa shape index (κ2) is 5.98. The van der Waals surface area contributed by atoms with Crippen molar-refractivity contribution in [2.75, 3.05) is 6.54 Å². The van der Waals surface area contributed by atoms with Gasteiger partial charge in [-0.15, -0.1) is 0 Å². The van der Waals surface area contributed by atoms with E-state index in [-0.39, 0.29) is 5.57 Å². The van der Waals surface area contributed by atoms with Gasteiger partial charge in [0.1, 0.15) is 18.1 Å². The molecule has 6 heteroatoms. The van der Waals surface area contributed by atoms with Crippen LogP contribution in [0.25, 0.3) is 11.6 Å². The lowest BCUT2D eigenvalue weighted by atomic mass is 9.93. The largest absolute Gasteiger partial charge is 0.480 e. The molecule has 2 aliphatic rings. The maximum atomic E-state index is 12.8. The molecule has 26 heavy (non-hydrogen) atoms. The Kier molecular flexibility index (Phi) is 3.76. The number of carbonyl (C=O) groups excluding carboxylic acids is 2. The summed E-state index contributed by atoms with van der Waals surface area (Å²) in [6, 6.07) is 10.4. The molecule has 1 N–H and O–H groups in total. The highest BCUT2D eigenvalue weighted by molar-refractivity contribution is 6.34. The number of hydrogen-bond donors (Lipinski definition) is 1. The first-order chi connectivity index (χ1) is 12.5. The molecule has 2 atom stereocenters. The van der Waals surface area contributed by atoms with Gasteiger partial charge in [-0.1, -0.05) is 25.1 Å². The lowest BCUT2D eigenvalue weighted by Gasteiger charge is -2.27. The predicted octanol–water partition coefficient (Wildman–Crippen LogP) is 3.01. The molecular formula is C20H17NO5. The summed E-state index contributed by atoms with van der Waals surface area (Å²) in [6.45, 7) is 1.48. The molecule has 0 saturated heterocycles. The van der Waals surface area contributed by atoms with Crippen molar-refractivity contribution < 1.29 is 23.9 Å². The topological polar surface area (TPSA) is 87.8 Å². The Balaban J connectivity index is 1.76. The number of imide groups is 1. The molecule has 1 aliphatic heterocycles. The van der Waals surface area contributed by atoms with Crippen LogP contribution in [0.4, 0.5) is 0 Å². The summed E-state index contributed by atoms with van der Waals surface area (Å²) in [5.74, 6) is -0.0513. The van der Waals surface area contributed by atoms with Crippen molar-refractivity contribution in [3.05, 3.63) is 59.0 Å². The first kappa shape index (κ1) is 16.3. The highest BCUT2D eigenvalue weighted by atomic mass is 16.4. The van der Waals surface area contributed by atoms with Gasteiger partial charge in [0, 0.05) is 17.0 Å². The number of benzene rings is 1. The maximum Gasteiger partial charge on any atom is 0.323 e. The van der Waals surface area contributed by atoms with Gasteiger partial charge in [-0.3, -0.25) is 19.3 Å². The van der Waals surface area contributed by atoms with Gasteiger partial charge >= 0.3 is 5.97 Å². The third-order valence-electron chi connectivity index (χ3n) is 4.87. The number of carbonyl (C=O) groups is 3. The number of rotatable bonds is 4. The lowest BCUT2D eigenvalue weighted by Crippen LogP contribution is -2.44. The number of nitrogens with zero attached hydrogens (tertiary/aromatic N) is 1. The van der Waals surface area contributed by atoms with E-state index in [1.165, 1.54) is 0 Å². The van der Waals surface area contributed by atoms with E-state index in [4.69, 9.17) is 9.52 Å². The quantitative estimate of drug-likeness (QED) is 0.676. The minimum Gasteiger partial charge on any atom is -0.480 e. The Morgan fingerprint density at radius 1 is 1.19 bits per heavy atom. The standard InChI is InChI=1S/C20H17NO5/c1-11-8-15(11)17-7-6-12(26-17)9-16-13-4-2-3-5-14(13)19(24)21(20(16)25)10-18(22)23/h2-7,9,11,15H,8,10H2,1H3,(H,22,23)/b16-9-/t11-,15+/m0/s1. The van der Waals surface area contributed by atoms with E-state index in [1.54, 1.807) is 36.4 Å². The molecule has 2 aromatic rings. The summed E-state index contributed by atoms with van der Waals surface area (Å²) in [4.78, 5) is 37.1. The maximum absolute atomic E-state index is 12.8. The number of carboxylic acids is 1. The van der Waals surface area contributed by atoms with Crippen LogP contribution < -0.4 is 0 Å². The minimum absolute atomic E-state index is 0.256. The molecule has 1 aliphatic carbocycles. The molecule has 0 spiro atoms. The summed E-state index contributed by atoms with van der Waals surface area (Å²) in [5.41, 5.74) is 1.05. The fourth-order valence-corrected chi connectivity index (χ4v) is 3.33. The monoisotopic (exact) mass is 351 g/mol. The smallest absolute Gasteiger partial charge is 0.323 e. The molecule has 0 bridgehead atoms. The summed E-state index contributed by atoms with van der Waals surface area (Å²) < 4.78 is 5.84. The molecule has 1 fully saturated rings. The average molecular weight is 351 g/mol. The summed E-state index contributed by atoms with van der Waals surface area (Å²) in [5, 5.41) is 9.04. The fraction of sp³-hybridized carbons (Fsp3) is 0.250.